The molecule has 1 aromatic carbocycles. The molecule has 2 rings (SSSR count). The molecular weight excluding hydrogens is 202 g/mol. The quantitative estimate of drug-likeness (QED) is 0.761. The summed E-state index contributed by atoms with van der Waals surface area (Å²) in [4.78, 5) is 13.6. The van der Waals surface area contributed by atoms with Crippen LogP contribution in [-0.4, -0.2) is 19.6 Å². The van der Waals surface area contributed by atoms with Gasteiger partial charge in [0.25, 0.3) is 5.91 Å². The third-order valence-corrected chi connectivity index (χ3v) is 2.59. The minimum Gasteiger partial charge on any atom is -0.488 e. The second-order valence-corrected chi connectivity index (χ2v) is 3.76. The Labute approximate surface area is 95.3 Å². The number of hydrogen-bond donors (Lipinski definition) is 0. The number of amides is 1. The Hall–Kier alpha value is -1.77. The summed E-state index contributed by atoms with van der Waals surface area (Å²) in [6.45, 7) is 0.639. The van der Waals surface area contributed by atoms with Crippen molar-refractivity contribution in [3.8, 4) is 0 Å². The van der Waals surface area contributed by atoms with Crippen molar-refractivity contribution in [3.63, 3.8) is 0 Å². The maximum atomic E-state index is 12.0. The number of nitrogens with zero attached hydrogens (tertiary/aromatic N) is 1. The summed E-state index contributed by atoms with van der Waals surface area (Å²) in [5, 5.41) is 0. The molecule has 0 N–H and O–H groups in total. The standard InChI is InChI=1S/C13H15NO2/c1-14(11-7-3-2-4-8-11)13(15)12-9-5-6-10-16-12/h2-4,7-9H,5-6,10H2,1H3. The van der Waals surface area contributed by atoms with Gasteiger partial charge in [-0.1, -0.05) is 18.2 Å². The van der Waals surface area contributed by atoms with E-state index in [1.807, 2.05) is 36.4 Å². The van der Waals surface area contributed by atoms with Crippen LogP contribution in [0, 0.1) is 0 Å². The fourth-order valence-corrected chi connectivity index (χ4v) is 1.64. The number of hydrogen-bond acceptors (Lipinski definition) is 2. The number of rotatable bonds is 2. The molecule has 84 valence electrons. The van der Waals surface area contributed by atoms with Crippen molar-refractivity contribution < 1.29 is 9.53 Å². The lowest BCUT2D eigenvalue weighted by Gasteiger charge is -2.21. The first-order valence-corrected chi connectivity index (χ1v) is 5.45. The first-order valence-electron chi connectivity index (χ1n) is 5.45. The average molecular weight is 217 g/mol. The van der Waals surface area contributed by atoms with E-state index in [1.165, 1.54) is 0 Å². The Morgan fingerprint density at radius 2 is 2.06 bits per heavy atom. The zero-order chi connectivity index (χ0) is 11.4. The first-order chi connectivity index (χ1) is 7.79. The van der Waals surface area contributed by atoms with Crippen molar-refractivity contribution in [2.24, 2.45) is 0 Å². The Bertz CT molecular complexity index is 398. The third-order valence-electron chi connectivity index (χ3n) is 2.59. The van der Waals surface area contributed by atoms with Crippen LogP contribution in [0.3, 0.4) is 0 Å². The number of benzene rings is 1. The van der Waals surface area contributed by atoms with Gasteiger partial charge in [-0.25, -0.2) is 0 Å². The highest BCUT2D eigenvalue weighted by atomic mass is 16.5. The van der Waals surface area contributed by atoms with Gasteiger partial charge in [-0.3, -0.25) is 4.79 Å². The summed E-state index contributed by atoms with van der Waals surface area (Å²) in [5.41, 5.74) is 0.877. The van der Waals surface area contributed by atoms with Crippen LogP contribution in [-0.2, 0) is 9.53 Å². The van der Waals surface area contributed by atoms with Crippen LogP contribution in [0.5, 0.6) is 0 Å². The fourth-order valence-electron chi connectivity index (χ4n) is 1.64. The van der Waals surface area contributed by atoms with Crippen molar-refractivity contribution in [1.29, 1.82) is 0 Å². The summed E-state index contributed by atoms with van der Waals surface area (Å²) in [7, 11) is 1.76. The molecule has 0 saturated carbocycles. The predicted molar refractivity (Wildman–Crippen MR) is 63.1 cm³/mol. The molecule has 1 amide bonds. The number of carbonyl (C=O) groups excluding carboxylic acids is 1. The predicted octanol–water partition coefficient (Wildman–Crippen LogP) is 2.34. The number of allylic oxidation sites excluding steroid dienone is 1. The molecule has 0 radical (unpaired) electrons. The van der Waals surface area contributed by atoms with Crippen LogP contribution in [0.4, 0.5) is 5.69 Å². The van der Waals surface area contributed by atoms with Gasteiger partial charge < -0.3 is 9.64 Å². The Balaban J connectivity index is 2.13. The second kappa shape index (κ2) is 4.84. The minimum atomic E-state index is -0.0779. The summed E-state index contributed by atoms with van der Waals surface area (Å²) < 4.78 is 5.35. The molecule has 0 unspecified atom stereocenters. The van der Waals surface area contributed by atoms with E-state index in [4.69, 9.17) is 4.74 Å². The topological polar surface area (TPSA) is 29.5 Å². The lowest BCUT2D eigenvalue weighted by Crippen LogP contribution is -2.29. The molecule has 1 aromatic rings. The third kappa shape index (κ3) is 2.24. The number of ether oxygens (including phenoxy) is 1. The minimum absolute atomic E-state index is 0.0779. The molecule has 16 heavy (non-hydrogen) atoms. The highest BCUT2D eigenvalue weighted by Gasteiger charge is 2.18. The summed E-state index contributed by atoms with van der Waals surface area (Å²) >= 11 is 0. The second-order valence-electron chi connectivity index (χ2n) is 3.76. The van der Waals surface area contributed by atoms with Crippen LogP contribution in [0.2, 0.25) is 0 Å². The van der Waals surface area contributed by atoms with Gasteiger partial charge in [0.05, 0.1) is 6.61 Å². The molecule has 1 aliphatic heterocycles. The van der Waals surface area contributed by atoms with Crippen molar-refractivity contribution in [3.05, 3.63) is 42.2 Å². The van der Waals surface area contributed by atoms with Crippen LogP contribution >= 0.6 is 0 Å². The highest BCUT2D eigenvalue weighted by Crippen LogP contribution is 2.17. The van der Waals surface area contributed by atoms with E-state index in [9.17, 15) is 4.79 Å². The molecule has 0 spiro atoms. The monoisotopic (exact) mass is 217 g/mol. The molecule has 1 aliphatic rings. The summed E-state index contributed by atoms with van der Waals surface area (Å²) in [6, 6.07) is 9.56. The molecule has 0 aromatic heterocycles. The van der Waals surface area contributed by atoms with E-state index in [2.05, 4.69) is 0 Å². The number of anilines is 1. The van der Waals surface area contributed by atoms with Crippen LogP contribution in [0.15, 0.2) is 42.2 Å². The van der Waals surface area contributed by atoms with E-state index in [-0.39, 0.29) is 5.91 Å². The fraction of sp³-hybridized carbons (Fsp3) is 0.308. The van der Waals surface area contributed by atoms with Crippen LogP contribution in [0.1, 0.15) is 12.8 Å². The molecule has 0 atom stereocenters. The maximum absolute atomic E-state index is 12.0. The van der Waals surface area contributed by atoms with Crippen LogP contribution in [0.25, 0.3) is 0 Å². The molecule has 0 bridgehead atoms. The number of para-hydroxylation sites is 1. The lowest BCUT2D eigenvalue weighted by molar-refractivity contribution is -0.118. The highest BCUT2D eigenvalue weighted by molar-refractivity contribution is 6.03. The van der Waals surface area contributed by atoms with E-state index in [0.29, 0.717) is 12.4 Å². The van der Waals surface area contributed by atoms with Crippen molar-refractivity contribution in [2.45, 2.75) is 12.8 Å². The first kappa shape index (κ1) is 10.7. The SMILES string of the molecule is CN(C(=O)C1=CCCCO1)c1ccccc1. The smallest absolute Gasteiger partial charge is 0.292 e. The van der Waals surface area contributed by atoms with Crippen molar-refractivity contribution in [2.75, 3.05) is 18.6 Å². The van der Waals surface area contributed by atoms with Crippen LogP contribution < -0.4 is 4.90 Å². The number of carbonyl (C=O) groups is 1. The average Bonchev–Trinajstić information content (AvgIpc) is 2.39. The zero-order valence-corrected chi connectivity index (χ0v) is 9.35. The van der Waals surface area contributed by atoms with E-state index >= 15 is 0 Å². The van der Waals surface area contributed by atoms with E-state index in [0.717, 1.165) is 18.5 Å². The molecule has 0 fully saturated rings. The number of likely N-dealkylation sites (N-methyl/N-ethyl adjacent to an activating group) is 1. The van der Waals surface area contributed by atoms with E-state index < -0.39 is 0 Å². The molecule has 3 heteroatoms. The molecule has 3 nitrogen and oxygen atoms in total. The van der Waals surface area contributed by atoms with Gasteiger partial charge in [0.15, 0.2) is 5.76 Å². The van der Waals surface area contributed by atoms with Gasteiger partial charge in [0.2, 0.25) is 0 Å². The van der Waals surface area contributed by atoms with Gasteiger partial charge >= 0.3 is 0 Å². The van der Waals surface area contributed by atoms with Crippen molar-refractivity contribution in [1.82, 2.24) is 0 Å². The maximum Gasteiger partial charge on any atom is 0.292 e. The molecule has 0 saturated heterocycles. The van der Waals surface area contributed by atoms with Gasteiger partial charge in [0, 0.05) is 12.7 Å². The lowest BCUT2D eigenvalue weighted by atomic mass is 10.2. The van der Waals surface area contributed by atoms with Gasteiger partial charge in [-0.15, -0.1) is 0 Å². The Morgan fingerprint density at radius 3 is 2.69 bits per heavy atom. The largest absolute Gasteiger partial charge is 0.488 e. The molecule has 0 aliphatic carbocycles. The van der Waals surface area contributed by atoms with Gasteiger partial charge in [0.1, 0.15) is 0 Å². The van der Waals surface area contributed by atoms with Gasteiger partial charge in [-0.05, 0) is 31.1 Å². The molecule has 1 heterocycles. The van der Waals surface area contributed by atoms with Crippen molar-refractivity contribution >= 4 is 11.6 Å². The Kier molecular flexibility index (Phi) is 3.25. The normalized spacial score (nSPS) is 14.9. The Morgan fingerprint density at radius 1 is 1.31 bits per heavy atom. The summed E-state index contributed by atoms with van der Waals surface area (Å²) in [5.74, 6) is 0.392. The van der Waals surface area contributed by atoms with E-state index in [1.54, 1.807) is 11.9 Å². The zero-order valence-electron chi connectivity index (χ0n) is 9.35. The summed E-state index contributed by atoms with van der Waals surface area (Å²) in [6.07, 6.45) is 3.78. The van der Waals surface area contributed by atoms with Gasteiger partial charge in [-0.2, -0.15) is 0 Å². The molecular formula is C13H15NO2.